The van der Waals surface area contributed by atoms with E-state index in [9.17, 15) is 5.11 Å². The van der Waals surface area contributed by atoms with Gasteiger partial charge >= 0.3 is 0 Å². The lowest BCUT2D eigenvalue weighted by Crippen LogP contribution is -2.48. The molecule has 0 bridgehead atoms. The van der Waals surface area contributed by atoms with Crippen LogP contribution in [-0.4, -0.2) is 52.6 Å². The van der Waals surface area contributed by atoms with Gasteiger partial charge in [-0.05, 0) is 24.1 Å². The minimum atomic E-state index is -0.404. The first-order valence-corrected chi connectivity index (χ1v) is 8.33. The highest BCUT2D eigenvalue weighted by molar-refractivity contribution is 5.17. The Bertz CT molecular complexity index is 582. The van der Waals surface area contributed by atoms with Gasteiger partial charge < -0.3 is 5.11 Å². The number of nitrogens with zero attached hydrogens (tertiary/aromatic N) is 3. The molecule has 1 aliphatic rings. The van der Waals surface area contributed by atoms with Crippen LogP contribution in [0, 0.1) is 0 Å². The summed E-state index contributed by atoms with van der Waals surface area (Å²) < 4.78 is 0. The molecule has 0 aliphatic carbocycles. The zero-order valence-corrected chi connectivity index (χ0v) is 13.7. The molecule has 1 aromatic heterocycles. The topological polar surface area (TPSA) is 39.6 Å². The van der Waals surface area contributed by atoms with Gasteiger partial charge in [-0.1, -0.05) is 36.4 Å². The van der Waals surface area contributed by atoms with Gasteiger partial charge in [-0.15, -0.1) is 0 Å². The Balaban J connectivity index is 1.51. The van der Waals surface area contributed by atoms with Gasteiger partial charge in [0.15, 0.2) is 0 Å². The molecule has 0 unspecified atom stereocenters. The van der Waals surface area contributed by atoms with Crippen LogP contribution in [0.4, 0.5) is 0 Å². The zero-order valence-electron chi connectivity index (χ0n) is 13.7. The lowest BCUT2D eigenvalue weighted by Gasteiger charge is -2.38. The van der Waals surface area contributed by atoms with Crippen molar-refractivity contribution in [3.8, 4) is 0 Å². The van der Waals surface area contributed by atoms with Crippen molar-refractivity contribution < 1.29 is 5.11 Å². The summed E-state index contributed by atoms with van der Waals surface area (Å²) in [6, 6.07) is 14.5. The van der Waals surface area contributed by atoms with E-state index in [0.717, 1.165) is 31.7 Å². The van der Waals surface area contributed by atoms with Gasteiger partial charge in [-0.2, -0.15) is 0 Å². The molecule has 3 rings (SSSR count). The van der Waals surface area contributed by atoms with Crippen LogP contribution in [0.25, 0.3) is 0 Å². The molecule has 2 aromatic rings. The van der Waals surface area contributed by atoms with Gasteiger partial charge in [-0.3, -0.25) is 14.8 Å². The van der Waals surface area contributed by atoms with E-state index < -0.39 is 6.10 Å². The quantitative estimate of drug-likeness (QED) is 0.921. The number of β-amino-alcohol motifs (C(OH)–C–C–N with tert-alkyl or cyclic N) is 1. The van der Waals surface area contributed by atoms with E-state index in [4.69, 9.17) is 0 Å². The molecular formula is C19H25N3O. The Hall–Kier alpha value is -1.75. The van der Waals surface area contributed by atoms with E-state index in [1.54, 1.807) is 0 Å². The second-order valence-corrected chi connectivity index (χ2v) is 6.23. The fraction of sp³-hybridized carbons (Fsp3) is 0.421. The monoisotopic (exact) mass is 311 g/mol. The van der Waals surface area contributed by atoms with Crippen LogP contribution in [-0.2, 0) is 0 Å². The summed E-state index contributed by atoms with van der Waals surface area (Å²) in [6.45, 7) is 6.99. The summed E-state index contributed by atoms with van der Waals surface area (Å²) in [6.07, 6.45) is 3.37. The first-order valence-electron chi connectivity index (χ1n) is 8.33. The minimum absolute atomic E-state index is 0.393. The molecular weight excluding hydrogens is 286 g/mol. The van der Waals surface area contributed by atoms with Crippen molar-refractivity contribution >= 4 is 0 Å². The van der Waals surface area contributed by atoms with E-state index in [2.05, 4.69) is 27.8 Å². The van der Waals surface area contributed by atoms with E-state index in [-0.39, 0.29) is 0 Å². The van der Waals surface area contributed by atoms with Crippen LogP contribution >= 0.6 is 0 Å². The van der Waals surface area contributed by atoms with Crippen LogP contribution < -0.4 is 0 Å². The standard InChI is InChI=1S/C19H25N3O/c1-16(18-8-5-9-20-14-18)22-12-10-21(11-13-22)15-19(23)17-6-3-2-4-7-17/h2-9,14,16,19,23H,10-13,15H2,1H3/t16-,19+/m0/s1. The average molecular weight is 311 g/mol. The Morgan fingerprint density at radius 1 is 1.00 bits per heavy atom. The summed E-state index contributed by atoms with van der Waals surface area (Å²) in [5.41, 5.74) is 2.27. The number of hydrogen-bond donors (Lipinski definition) is 1. The molecule has 122 valence electrons. The van der Waals surface area contributed by atoms with Crippen molar-refractivity contribution in [1.82, 2.24) is 14.8 Å². The number of aromatic nitrogens is 1. The normalized spacial score (nSPS) is 19.4. The number of aliphatic hydroxyl groups excluding tert-OH is 1. The Morgan fingerprint density at radius 3 is 2.35 bits per heavy atom. The molecule has 4 nitrogen and oxygen atoms in total. The van der Waals surface area contributed by atoms with Crippen molar-refractivity contribution in [2.45, 2.75) is 19.1 Å². The van der Waals surface area contributed by atoms with E-state index in [1.165, 1.54) is 5.56 Å². The second-order valence-electron chi connectivity index (χ2n) is 6.23. The third-order valence-corrected chi connectivity index (χ3v) is 4.74. The van der Waals surface area contributed by atoms with Crippen molar-refractivity contribution in [2.75, 3.05) is 32.7 Å². The van der Waals surface area contributed by atoms with Gasteiger partial charge in [0.25, 0.3) is 0 Å². The number of benzene rings is 1. The molecule has 2 atom stereocenters. The number of hydrogen-bond acceptors (Lipinski definition) is 4. The highest BCUT2D eigenvalue weighted by atomic mass is 16.3. The highest BCUT2D eigenvalue weighted by Gasteiger charge is 2.23. The van der Waals surface area contributed by atoms with Gasteiger partial charge in [-0.25, -0.2) is 0 Å². The fourth-order valence-corrected chi connectivity index (χ4v) is 3.19. The lowest BCUT2D eigenvalue weighted by molar-refractivity contribution is 0.0589. The molecule has 1 fully saturated rings. The Kier molecular flexibility index (Phi) is 5.39. The number of pyridine rings is 1. The largest absolute Gasteiger partial charge is 0.387 e. The Labute approximate surface area is 138 Å². The lowest BCUT2D eigenvalue weighted by atomic mass is 10.1. The molecule has 2 heterocycles. The maximum Gasteiger partial charge on any atom is 0.0916 e. The highest BCUT2D eigenvalue weighted by Crippen LogP contribution is 2.21. The molecule has 1 aliphatic heterocycles. The van der Waals surface area contributed by atoms with Crippen molar-refractivity contribution in [1.29, 1.82) is 0 Å². The van der Waals surface area contributed by atoms with Gasteiger partial charge in [0.2, 0.25) is 0 Å². The van der Waals surface area contributed by atoms with Crippen molar-refractivity contribution in [3.05, 3.63) is 66.0 Å². The predicted molar refractivity (Wildman–Crippen MR) is 92.1 cm³/mol. The number of aliphatic hydroxyl groups is 1. The van der Waals surface area contributed by atoms with Crippen molar-refractivity contribution in [2.24, 2.45) is 0 Å². The molecule has 0 saturated carbocycles. The van der Waals surface area contributed by atoms with E-state index in [0.29, 0.717) is 12.6 Å². The van der Waals surface area contributed by atoms with E-state index >= 15 is 0 Å². The van der Waals surface area contributed by atoms with Crippen LogP contribution in [0.2, 0.25) is 0 Å². The second kappa shape index (κ2) is 7.68. The van der Waals surface area contributed by atoms with Crippen LogP contribution in [0.1, 0.15) is 30.2 Å². The molecule has 0 amide bonds. The average Bonchev–Trinajstić information content (AvgIpc) is 2.63. The predicted octanol–water partition coefficient (Wildman–Crippen LogP) is 2.49. The maximum absolute atomic E-state index is 10.4. The Morgan fingerprint density at radius 2 is 1.70 bits per heavy atom. The smallest absolute Gasteiger partial charge is 0.0916 e. The molecule has 1 N–H and O–H groups in total. The van der Waals surface area contributed by atoms with Crippen molar-refractivity contribution in [3.63, 3.8) is 0 Å². The first kappa shape index (κ1) is 16.1. The number of piperazine rings is 1. The summed E-state index contributed by atoms with van der Waals surface area (Å²) in [5.74, 6) is 0. The van der Waals surface area contributed by atoms with Crippen LogP contribution in [0.5, 0.6) is 0 Å². The molecule has 0 radical (unpaired) electrons. The molecule has 1 aromatic carbocycles. The van der Waals surface area contributed by atoms with Crippen LogP contribution in [0.15, 0.2) is 54.9 Å². The van der Waals surface area contributed by atoms with E-state index in [1.807, 2.05) is 48.8 Å². The summed E-state index contributed by atoms with van der Waals surface area (Å²) in [4.78, 5) is 9.06. The van der Waals surface area contributed by atoms with Gasteiger partial charge in [0.05, 0.1) is 6.10 Å². The summed E-state index contributed by atoms with van der Waals surface area (Å²) >= 11 is 0. The molecule has 4 heteroatoms. The third-order valence-electron chi connectivity index (χ3n) is 4.74. The maximum atomic E-state index is 10.4. The zero-order chi connectivity index (χ0) is 16.1. The summed E-state index contributed by atoms with van der Waals surface area (Å²) in [7, 11) is 0. The van der Waals surface area contributed by atoms with Gasteiger partial charge in [0.1, 0.15) is 0 Å². The first-order chi connectivity index (χ1) is 11.2. The molecule has 0 spiro atoms. The van der Waals surface area contributed by atoms with Crippen LogP contribution in [0.3, 0.4) is 0 Å². The molecule has 23 heavy (non-hydrogen) atoms. The fourth-order valence-electron chi connectivity index (χ4n) is 3.19. The summed E-state index contributed by atoms with van der Waals surface area (Å²) in [5, 5.41) is 10.4. The number of rotatable bonds is 5. The SMILES string of the molecule is C[C@@H](c1cccnc1)N1CCN(C[C@@H](O)c2ccccc2)CC1. The molecule has 1 saturated heterocycles. The minimum Gasteiger partial charge on any atom is -0.387 e. The van der Waals surface area contributed by atoms with Gasteiger partial charge in [0, 0.05) is 51.2 Å². The third kappa shape index (κ3) is 4.16.